The van der Waals surface area contributed by atoms with E-state index in [4.69, 9.17) is 11.6 Å². The van der Waals surface area contributed by atoms with Crippen LogP contribution in [0.5, 0.6) is 0 Å². The van der Waals surface area contributed by atoms with Gasteiger partial charge in [-0.1, -0.05) is 42.3 Å². The fourth-order valence-electron chi connectivity index (χ4n) is 1.34. The molecule has 0 bridgehead atoms. The Morgan fingerprint density at radius 1 is 1.42 bits per heavy atom. The first-order valence-corrected chi connectivity index (χ1v) is 5.87. The number of benzene rings is 1. The molecule has 1 aromatic carbocycles. The lowest BCUT2D eigenvalue weighted by atomic mass is 10.1. The Kier molecular flexibility index (Phi) is 3.83. The summed E-state index contributed by atoms with van der Waals surface area (Å²) < 4.78 is 0. The van der Waals surface area contributed by atoms with Crippen molar-refractivity contribution in [1.29, 1.82) is 0 Å². The minimum Gasteiger partial charge on any atom is -0.0840 e. The van der Waals surface area contributed by atoms with Gasteiger partial charge in [-0.2, -0.15) is 0 Å². The molecule has 0 heterocycles. The van der Waals surface area contributed by atoms with Crippen LogP contribution in [0.3, 0.4) is 0 Å². The van der Waals surface area contributed by atoms with E-state index in [0.29, 0.717) is 0 Å². The van der Waals surface area contributed by atoms with E-state index >= 15 is 0 Å². The number of rotatable bonds is 3. The lowest BCUT2D eigenvalue weighted by molar-refractivity contribution is 0.798. The highest BCUT2D eigenvalue weighted by Crippen LogP contribution is 2.14. The van der Waals surface area contributed by atoms with E-state index in [1.807, 2.05) is 12.1 Å². The number of hydrogen-bond donors (Lipinski definition) is 0. The molecular weight excluding hydrogens is 184 g/mol. The maximum atomic E-state index is 6.09. The summed E-state index contributed by atoms with van der Waals surface area (Å²) in [6.45, 7) is 2.21. The zero-order chi connectivity index (χ0) is 8.97. The summed E-state index contributed by atoms with van der Waals surface area (Å²) in [5.74, 6) is 0. The third-order valence-electron chi connectivity index (χ3n) is 2.13. The molecule has 0 aliphatic heterocycles. The molecule has 0 fully saturated rings. The summed E-state index contributed by atoms with van der Waals surface area (Å²) in [7, 11) is 1.11. The second kappa shape index (κ2) is 4.68. The second-order valence-corrected chi connectivity index (χ2v) is 4.62. The van der Waals surface area contributed by atoms with E-state index in [0.717, 1.165) is 21.7 Å². The Balaban J connectivity index is 2.81. The molecular formula is C10H15ClSi. The first-order valence-electron chi connectivity index (χ1n) is 4.49. The minimum absolute atomic E-state index is 0.955. The normalized spacial score (nSPS) is 10.5. The zero-order valence-electron chi connectivity index (χ0n) is 7.73. The quantitative estimate of drug-likeness (QED) is 0.649. The third kappa shape index (κ3) is 2.36. The average molecular weight is 199 g/mol. The topological polar surface area (TPSA) is 0 Å². The predicted octanol–water partition coefficient (Wildman–Crippen LogP) is 1.67. The predicted molar refractivity (Wildman–Crippen MR) is 59.6 cm³/mol. The second-order valence-electron chi connectivity index (χ2n) is 3.14. The summed E-state index contributed by atoms with van der Waals surface area (Å²) in [6.07, 6.45) is 3.64. The van der Waals surface area contributed by atoms with Gasteiger partial charge in [-0.25, -0.2) is 0 Å². The molecule has 12 heavy (non-hydrogen) atoms. The van der Waals surface area contributed by atoms with Crippen molar-refractivity contribution in [2.24, 2.45) is 0 Å². The molecule has 0 aromatic heterocycles. The minimum atomic E-state index is 0.955. The standard InChI is InChI=1S/C10H15ClSi/c1-2-3-5-8-9(11)6-4-7-10(8)12/h4,6-7H,2-3,5H2,1,12H3. The van der Waals surface area contributed by atoms with E-state index in [2.05, 4.69) is 13.0 Å². The highest BCUT2D eigenvalue weighted by atomic mass is 35.5. The smallest absolute Gasteiger partial charge is 0.0436 e. The highest BCUT2D eigenvalue weighted by molar-refractivity contribution is 6.37. The van der Waals surface area contributed by atoms with E-state index in [1.54, 1.807) is 0 Å². The molecule has 0 aliphatic carbocycles. The van der Waals surface area contributed by atoms with Crippen LogP contribution in [-0.4, -0.2) is 10.2 Å². The van der Waals surface area contributed by atoms with Crippen LogP contribution in [0.4, 0.5) is 0 Å². The first kappa shape index (κ1) is 9.81. The fraction of sp³-hybridized carbons (Fsp3) is 0.400. The van der Waals surface area contributed by atoms with Gasteiger partial charge in [0.2, 0.25) is 0 Å². The van der Waals surface area contributed by atoms with Gasteiger partial charge in [0.1, 0.15) is 0 Å². The number of hydrogen-bond acceptors (Lipinski definition) is 0. The molecule has 0 spiro atoms. The van der Waals surface area contributed by atoms with E-state index in [1.165, 1.54) is 23.6 Å². The van der Waals surface area contributed by atoms with Crippen LogP contribution in [-0.2, 0) is 6.42 Å². The van der Waals surface area contributed by atoms with Crippen LogP contribution >= 0.6 is 11.6 Å². The van der Waals surface area contributed by atoms with Gasteiger partial charge in [-0.15, -0.1) is 0 Å². The van der Waals surface area contributed by atoms with Crippen molar-refractivity contribution in [1.82, 2.24) is 0 Å². The summed E-state index contributed by atoms with van der Waals surface area (Å²) >= 11 is 6.09. The molecule has 0 atom stereocenters. The van der Waals surface area contributed by atoms with Crippen LogP contribution in [0.1, 0.15) is 25.3 Å². The Labute approximate surface area is 82.4 Å². The summed E-state index contributed by atoms with van der Waals surface area (Å²) in [4.78, 5) is 0. The lowest BCUT2D eigenvalue weighted by Crippen LogP contribution is -2.10. The Bertz CT molecular complexity index is 238. The van der Waals surface area contributed by atoms with Crippen LogP contribution in [0, 0.1) is 0 Å². The maximum absolute atomic E-state index is 6.09. The highest BCUT2D eigenvalue weighted by Gasteiger charge is 2.01. The van der Waals surface area contributed by atoms with Crippen molar-refractivity contribution in [2.75, 3.05) is 0 Å². The van der Waals surface area contributed by atoms with Crippen molar-refractivity contribution in [2.45, 2.75) is 26.2 Å². The van der Waals surface area contributed by atoms with Gasteiger partial charge in [0.05, 0.1) is 0 Å². The monoisotopic (exact) mass is 198 g/mol. The molecule has 0 radical (unpaired) electrons. The Morgan fingerprint density at radius 2 is 2.17 bits per heavy atom. The van der Waals surface area contributed by atoms with Crippen molar-refractivity contribution < 1.29 is 0 Å². The van der Waals surface area contributed by atoms with Gasteiger partial charge in [0.25, 0.3) is 0 Å². The molecule has 1 rings (SSSR count). The molecule has 0 aliphatic rings. The van der Waals surface area contributed by atoms with Crippen LogP contribution in [0.15, 0.2) is 18.2 Å². The van der Waals surface area contributed by atoms with Gasteiger partial charge in [-0.3, -0.25) is 0 Å². The lowest BCUT2D eigenvalue weighted by Gasteiger charge is -2.06. The molecule has 66 valence electrons. The van der Waals surface area contributed by atoms with Gasteiger partial charge in [-0.05, 0) is 24.5 Å². The summed E-state index contributed by atoms with van der Waals surface area (Å²) in [5.41, 5.74) is 1.38. The van der Waals surface area contributed by atoms with Gasteiger partial charge < -0.3 is 0 Å². The molecule has 0 saturated carbocycles. The van der Waals surface area contributed by atoms with Crippen molar-refractivity contribution in [3.05, 3.63) is 28.8 Å². The maximum Gasteiger partial charge on any atom is 0.0436 e. The average Bonchev–Trinajstić information content (AvgIpc) is 2.04. The summed E-state index contributed by atoms with van der Waals surface area (Å²) in [5, 5.41) is 2.41. The molecule has 0 saturated heterocycles. The van der Waals surface area contributed by atoms with Crippen molar-refractivity contribution in [3.8, 4) is 0 Å². The fourth-order valence-corrected chi connectivity index (χ4v) is 2.52. The molecule has 2 heteroatoms. The SMILES string of the molecule is CCCCc1c([SiH3])cccc1Cl. The summed E-state index contributed by atoms with van der Waals surface area (Å²) in [6, 6.07) is 6.22. The van der Waals surface area contributed by atoms with E-state index in [9.17, 15) is 0 Å². The number of halogens is 1. The number of unbranched alkanes of at least 4 members (excludes halogenated alkanes) is 1. The molecule has 0 unspecified atom stereocenters. The van der Waals surface area contributed by atoms with Crippen LogP contribution in [0.2, 0.25) is 5.02 Å². The Hall–Kier alpha value is -0.273. The largest absolute Gasteiger partial charge is 0.0840 e. The van der Waals surface area contributed by atoms with E-state index < -0.39 is 0 Å². The van der Waals surface area contributed by atoms with Gasteiger partial charge >= 0.3 is 0 Å². The van der Waals surface area contributed by atoms with Gasteiger partial charge in [0.15, 0.2) is 0 Å². The molecule has 0 amide bonds. The molecule has 0 N–H and O–H groups in total. The molecule has 0 nitrogen and oxygen atoms in total. The van der Waals surface area contributed by atoms with Crippen molar-refractivity contribution >= 4 is 27.0 Å². The van der Waals surface area contributed by atoms with E-state index in [-0.39, 0.29) is 0 Å². The van der Waals surface area contributed by atoms with Crippen LogP contribution < -0.4 is 5.19 Å². The third-order valence-corrected chi connectivity index (χ3v) is 3.42. The molecule has 1 aromatic rings. The van der Waals surface area contributed by atoms with Crippen molar-refractivity contribution in [3.63, 3.8) is 0 Å². The first-order chi connectivity index (χ1) is 5.75. The van der Waals surface area contributed by atoms with Crippen LogP contribution in [0.25, 0.3) is 0 Å². The Morgan fingerprint density at radius 3 is 2.75 bits per heavy atom. The zero-order valence-corrected chi connectivity index (χ0v) is 10.5. The van der Waals surface area contributed by atoms with Gasteiger partial charge in [0, 0.05) is 15.3 Å².